The van der Waals surface area contributed by atoms with Crippen molar-refractivity contribution in [2.75, 3.05) is 30.1 Å². The molecule has 0 saturated carbocycles. The molecule has 156 valence electrons. The van der Waals surface area contributed by atoms with Gasteiger partial charge in [0.2, 0.25) is 0 Å². The Labute approximate surface area is 181 Å². The fourth-order valence-electron chi connectivity index (χ4n) is 3.26. The van der Waals surface area contributed by atoms with Gasteiger partial charge in [0.05, 0.1) is 24.9 Å². The molecule has 0 amide bonds. The molecule has 1 aromatic carbocycles. The number of nitrogens with one attached hydrogen (secondary N) is 3. The van der Waals surface area contributed by atoms with Crippen molar-refractivity contribution in [3.8, 4) is 0 Å². The van der Waals surface area contributed by atoms with Crippen molar-refractivity contribution in [3.05, 3.63) is 60.6 Å². The van der Waals surface area contributed by atoms with E-state index >= 15 is 0 Å². The maximum Gasteiger partial charge on any atom is 0.137 e. The zero-order valence-electron chi connectivity index (χ0n) is 17.3. The van der Waals surface area contributed by atoms with Crippen molar-refractivity contribution in [2.24, 2.45) is 0 Å². The van der Waals surface area contributed by atoms with Crippen LogP contribution in [0.1, 0.15) is 19.4 Å². The van der Waals surface area contributed by atoms with Crippen LogP contribution in [0.25, 0.3) is 0 Å². The minimum absolute atomic E-state index is 0.170. The van der Waals surface area contributed by atoms with Gasteiger partial charge in [0.15, 0.2) is 0 Å². The average Bonchev–Trinajstić information content (AvgIpc) is 2.72. The van der Waals surface area contributed by atoms with Crippen molar-refractivity contribution in [1.82, 2.24) is 20.3 Å². The van der Waals surface area contributed by atoms with Crippen molar-refractivity contribution in [1.29, 1.82) is 0 Å². The molecule has 1 fully saturated rings. The lowest BCUT2D eigenvalue weighted by Gasteiger charge is -2.36. The summed E-state index contributed by atoms with van der Waals surface area (Å²) in [7, 11) is 0. The van der Waals surface area contributed by atoms with E-state index in [0.717, 1.165) is 41.0 Å². The molecule has 30 heavy (non-hydrogen) atoms. The summed E-state index contributed by atoms with van der Waals surface area (Å²) >= 11 is 1.69. The smallest absolute Gasteiger partial charge is 0.137 e. The van der Waals surface area contributed by atoms with Crippen molar-refractivity contribution in [3.63, 3.8) is 0 Å². The quantitative estimate of drug-likeness (QED) is 0.463. The van der Waals surface area contributed by atoms with Crippen LogP contribution in [0.3, 0.4) is 0 Å². The molecule has 0 atom stereocenters. The van der Waals surface area contributed by atoms with E-state index < -0.39 is 0 Å². The van der Waals surface area contributed by atoms with Crippen molar-refractivity contribution >= 4 is 34.9 Å². The summed E-state index contributed by atoms with van der Waals surface area (Å²) < 4.78 is 5.26. The molecule has 1 saturated heterocycles. The van der Waals surface area contributed by atoms with E-state index in [4.69, 9.17) is 4.74 Å². The second-order valence-electron chi connectivity index (χ2n) is 7.67. The van der Waals surface area contributed by atoms with Crippen LogP contribution in [0.5, 0.6) is 0 Å². The van der Waals surface area contributed by atoms with E-state index in [1.165, 1.54) is 6.33 Å². The number of ether oxygens (including phenoxy) is 1. The number of benzene rings is 1. The molecule has 0 spiro atoms. The molecule has 2 aromatic heterocycles. The highest BCUT2D eigenvalue weighted by molar-refractivity contribution is 7.98. The van der Waals surface area contributed by atoms with Crippen LogP contribution in [0, 0.1) is 0 Å². The molecular weight excluding hydrogens is 396 g/mol. The first kappa shape index (κ1) is 20.6. The Balaban J connectivity index is 1.43. The van der Waals surface area contributed by atoms with E-state index in [2.05, 4.69) is 63.1 Å². The molecule has 0 unspecified atom stereocenters. The Kier molecular flexibility index (Phi) is 6.17. The predicted octanol–water partition coefficient (Wildman–Crippen LogP) is 4.30. The lowest BCUT2D eigenvalue weighted by molar-refractivity contribution is -0.0170. The van der Waals surface area contributed by atoms with E-state index in [9.17, 15) is 0 Å². The van der Waals surface area contributed by atoms with Gasteiger partial charge in [-0.2, -0.15) is 0 Å². The summed E-state index contributed by atoms with van der Waals surface area (Å²) in [6.45, 7) is 5.85. The predicted molar refractivity (Wildman–Crippen MR) is 122 cm³/mol. The molecule has 0 aliphatic carbocycles. The summed E-state index contributed by atoms with van der Waals surface area (Å²) in [6.07, 6.45) is 5.48. The van der Waals surface area contributed by atoms with Crippen molar-refractivity contribution in [2.45, 2.75) is 30.3 Å². The number of nitrogens with zero attached hydrogens (tertiary/aromatic N) is 3. The number of thioether (sulfide) groups is 1. The molecule has 1 aliphatic heterocycles. The minimum atomic E-state index is -0.170. The summed E-state index contributed by atoms with van der Waals surface area (Å²) in [5, 5.41) is 10.2. The third-order valence-corrected chi connectivity index (χ3v) is 5.78. The maximum atomic E-state index is 5.26. The summed E-state index contributed by atoms with van der Waals surface area (Å²) in [4.78, 5) is 14.4. The Bertz CT molecular complexity index is 991. The van der Waals surface area contributed by atoms with E-state index in [1.54, 1.807) is 11.8 Å². The van der Waals surface area contributed by atoms with Crippen LogP contribution < -0.4 is 16.0 Å². The highest BCUT2D eigenvalue weighted by Crippen LogP contribution is 2.28. The van der Waals surface area contributed by atoms with Crippen LogP contribution in [0.4, 0.5) is 23.1 Å². The van der Waals surface area contributed by atoms with Crippen LogP contribution in [-0.4, -0.2) is 40.5 Å². The molecular formula is C22H26N6OS. The monoisotopic (exact) mass is 422 g/mol. The standard InChI is InChI=1S/C22H26N6OS/c1-22(2,28-16-12-29-13-16)15-8-9-19(23-11-15)27-21-10-20(24-14-25-21)26-17-6-4-5-7-18(17)30-3/h4-11,14,16,28H,12-13H2,1-3H3,(H2,23,24,25,26,27). The van der Waals surface area contributed by atoms with Gasteiger partial charge < -0.3 is 20.7 Å². The number of hydrogen-bond acceptors (Lipinski definition) is 8. The number of pyridine rings is 1. The molecule has 3 aromatic rings. The molecule has 0 radical (unpaired) electrons. The second-order valence-corrected chi connectivity index (χ2v) is 8.52. The van der Waals surface area contributed by atoms with Crippen LogP contribution in [0.2, 0.25) is 0 Å². The molecule has 0 bridgehead atoms. The Morgan fingerprint density at radius 1 is 0.967 bits per heavy atom. The van der Waals surface area contributed by atoms with Gasteiger partial charge >= 0.3 is 0 Å². The molecule has 3 heterocycles. The van der Waals surface area contributed by atoms with Crippen LogP contribution >= 0.6 is 11.8 Å². The van der Waals surface area contributed by atoms with Gasteiger partial charge in [-0.05, 0) is 43.9 Å². The highest BCUT2D eigenvalue weighted by Gasteiger charge is 2.28. The molecule has 3 N–H and O–H groups in total. The van der Waals surface area contributed by atoms with Crippen molar-refractivity contribution < 1.29 is 4.74 Å². The van der Waals surface area contributed by atoms with Gasteiger partial charge in [-0.25, -0.2) is 15.0 Å². The third-order valence-electron chi connectivity index (χ3n) is 4.98. The number of rotatable bonds is 8. The fourth-order valence-corrected chi connectivity index (χ4v) is 3.81. The van der Waals surface area contributed by atoms with Crippen LogP contribution in [-0.2, 0) is 10.3 Å². The van der Waals surface area contributed by atoms with Gasteiger partial charge in [-0.3, -0.25) is 0 Å². The first-order valence-electron chi connectivity index (χ1n) is 9.84. The number of aromatic nitrogens is 3. The first-order chi connectivity index (χ1) is 14.5. The summed E-state index contributed by atoms with van der Waals surface area (Å²) in [6, 6.07) is 14.5. The maximum absolute atomic E-state index is 5.26. The number of para-hydroxylation sites is 1. The van der Waals surface area contributed by atoms with Gasteiger partial charge in [-0.15, -0.1) is 11.8 Å². The SMILES string of the molecule is CSc1ccccc1Nc1cc(Nc2ccc(C(C)(C)NC3COC3)cn2)ncn1. The van der Waals surface area contributed by atoms with Gasteiger partial charge in [-0.1, -0.05) is 18.2 Å². The normalized spacial score (nSPS) is 14.2. The Morgan fingerprint density at radius 3 is 2.40 bits per heavy atom. The van der Waals surface area contributed by atoms with Crippen LogP contribution in [0.15, 0.2) is 59.9 Å². The van der Waals surface area contributed by atoms with E-state index in [1.807, 2.05) is 36.5 Å². The van der Waals surface area contributed by atoms with Gasteiger partial charge in [0.25, 0.3) is 0 Å². The number of anilines is 4. The Morgan fingerprint density at radius 2 is 1.73 bits per heavy atom. The number of hydrogen-bond donors (Lipinski definition) is 3. The molecule has 7 nitrogen and oxygen atoms in total. The Hall–Kier alpha value is -2.68. The molecule has 1 aliphatic rings. The topological polar surface area (TPSA) is 84.0 Å². The summed E-state index contributed by atoms with van der Waals surface area (Å²) in [5.74, 6) is 2.13. The molecule has 8 heteroatoms. The summed E-state index contributed by atoms with van der Waals surface area (Å²) in [5.41, 5.74) is 1.97. The van der Waals surface area contributed by atoms with E-state index in [-0.39, 0.29) is 5.54 Å². The third kappa shape index (κ3) is 4.89. The van der Waals surface area contributed by atoms with E-state index in [0.29, 0.717) is 11.9 Å². The highest BCUT2D eigenvalue weighted by atomic mass is 32.2. The average molecular weight is 423 g/mol. The van der Waals surface area contributed by atoms with Gasteiger partial charge in [0.1, 0.15) is 23.8 Å². The zero-order chi connectivity index (χ0) is 21.0. The largest absolute Gasteiger partial charge is 0.378 e. The second kappa shape index (κ2) is 8.99. The van der Waals surface area contributed by atoms with Gasteiger partial charge in [0, 0.05) is 22.7 Å². The first-order valence-corrected chi connectivity index (χ1v) is 11.1. The minimum Gasteiger partial charge on any atom is -0.378 e. The molecule has 4 rings (SSSR count). The lowest BCUT2D eigenvalue weighted by Crippen LogP contribution is -2.53. The lowest BCUT2D eigenvalue weighted by atomic mass is 9.94. The zero-order valence-corrected chi connectivity index (χ0v) is 18.2. The fraction of sp³-hybridized carbons (Fsp3) is 0.318.